The van der Waals surface area contributed by atoms with Gasteiger partial charge in [0.15, 0.2) is 0 Å². The highest BCUT2D eigenvalue weighted by atomic mass is 79.9. The van der Waals surface area contributed by atoms with Crippen LogP contribution < -0.4 is 4.90 Å². The van der Waals surface area contributed by atoms with E-state index in [-0.39, 0.29) is 0 Å². The molecule has 0 aliphatic carbocycles. The van der Waals surface area contributed by atoms with Crippen molar-refractivity contribution in [1.82, 2.24) is 4.90 Å². The first kappa shape index (κ1) is 14.4. The summed E-state index contributed by atoms with van der Waals surface area (Å²) in [6.45, 7) is 7.73. The lowest BCUT2D eigenvalue weighted by Crippen LogP contribution is -2.48. The molecule has 1 aromatic rings. The van der Waals surface area contributed by atoms with E-state index in [2.05, 4.69) is 52.9 Å². The van der Waals surface area contributed by atoms with Crippen LogP contribution in [0.2, 0.25) is 0 Å². The Morgan fingerprint density at radius 1 is 1.26 bits per heavy atom. The van der Waals surface area contributed by atoms with Crippen molar-refractivity contribution in [3.63, 3.8) is 0 Å². The quantitative estimate of drug-likeness (QED) is 0.852. The van der Waals surface area contributed by atoms with Crippen LogP contribution in [0.15, 0.2) is 22.7 Å². The summed E-state index contributed by atoms with van der Waals surface area (Å²) in [6.07, 6.45) is 1.61. The summed E-state index contributed by atoms with van der Waals surface area (Å²) in [5.41, 5.74) is 2.56. The third kappa shape index (κ3) is 3.50. The fourth-order valence-electron chi connectivity index (χ4n) is 2.54. The molecule has 0 radical (unpaired) electrons. The van der Waals surface area contributed by atoms with Crippen LogP contribution in [0.25, 0.3) is 0 Å². The van der Waals surface area contributed by atoms with E-state index in [0.717, 1.165) is 37.1 Å². The van der Waals surface area contributed by atoms with E-state index < -0.39 is 0 Å². The zero-order valence-electron chi connectivity index (χ0n) is 11.7. The van der Waals surface area contributed by atoms with E-state index in [1.165, 1.54) is 11.3 Å². The number of piperazine rings is 1. The van der Waals surface area contributed by atoms with Crippen LogP contribution in [0.1, 0.15) is 25.3 Å². The van der Waals surface area contributed by atoms with Gasteiger partial charge >= 0.3 is 0 Å². The molecule has 1 amide bonds. The van der Waals surface area contributed by atoms with Crippen molar-refractivity contribution in [2.24, 2.45) is 0 Å². The van der Waals surface area contributed by atoms with Crippen molar-refractivity contribution in [2.75, 3.05) is 31.1 Å². The molecule has 3 nitrogen and oxygen atoms in total. The van der Waals surface area contributed by atoms with Gasteiger partial charge in [0.2, 0.25) is 5.91 Å². The highest BCUT2D eigenvalue weighted by Crippen LogP contribution is 2.24. The third-order valence-electron chi connectivity index (χ3n) is 3.60. The molecule has 1 heterocycles. The van der Waals surface area contributed by atoms with Gasteiger partial charge in [-0.1, -0.05) is 22.9 Å². The van der Waals surface area contributed by atoms with Crippen molar-refractivity contribution >= 4 is 27.5 Å². The minimum atomic E-state index is 0.301. The van der Waals surface area contributed by atoms with Gasteiger partial charge in [0.25, 0.3) is 0 Å². The van der Waals surface area contributed by atoms with E-state index in [1.807, 2.05) is 4.90 Å². The minimum absolute atomic E-state index is 0.301. The Bertz CT molecular complexity index is 453. The summed E-state index contributed by atoms with van der Waals surface area (Å²) in [5.74, 6) is 0.301. The normalized spacial score (nSPS) is 15.7. The van der Waals surface area contributed by atoms with Crippen LogP contribution in [0.4, 0.5) is 5.69 Å². The van der Waals surface area contributed by atoms with Gasteiger partial charge < -0.3 is 9.80 Å². The molecule has 0 saturated carbocycles. The molecule has 2 rings (SSSR count). The lowest BCUT2D eigenvalue weighted by molar-refractivity contribution is -0.131. The number of hydrogen-bond donors (Lipinski definition) is 0. The van der Waals surface area contributed by atoms with Crippen LogP contribution in [0, 0.1) is 6.92 Å². The lowest BCUT2D eigenvalue weighted by Gasteiger charge is -2.37. The maximum absolute atomic E-state index is 11.9. The number of rotatable bonds is 3. The van der Waals surface area contributed by atoms with Gasteiger partial charge in [0, 0.05) is 42.8 Å². The topological polar surface area (TPSA) is 23.6 Å². The number of hydrogen-bond acceptors (Lipinski definition) is 2. The first-order chi connectivity index (χ1) is 9.11. The molecule has 0 N–H and O–H groups in total. The fourth-order valence-corrected chi connectivity index (χ4v) is 3.02. The predicted molar refractivity (Wildman–Crippen MR) is 82.6 cm³/mol. The number of nitrogens with zero attached hydrogens (tertiary/aromatic N) is 2. The lowest BCUT2D eigenvalue weighted by atomic mass is 10.1. The summed E-state index contributed by atoms with van der Waals surface area (Å²) in [4.78, 5) is 16.2. The Labute approximate surface area is 123 Å². The molecular formula is C15H21BrN2O. The maximum Gasteiger partial charge on any atom is 0.222 e. The molecule has 104 valence electrons. The van der Waals surface area contributed by atoms with Crippen molar-refractivity contribution in [3.8, 4) is 0 Å². The van der Waals surface area contributed by atoms with E-state index >= 15 is 0 Å². The monoisotopic (exact) mass is 324 g/mol. The average molecular weight is 325 g/mol. The van der Waals surface area contributed by atoms with Gasteiger partial charge in [0.1, 0.15) is 0 Å². The number of benzene rings is 1. The Hall–Kier alpha value is -1.03. The standard InChI is InChI=1S/C15H21BrN2O/c1-3-4-15(19)18-9-7-17(8-10-18)14-6-5-13(16)11-12(14)2/h5-6,11H,3-4,7-10H2,1-2H3. The zero-order chi connectivity index (χ0) is 13.8. The maximum atomic E-state index is 11.9. The van der Waals surface area contributed by atoms with Crippen LogP contribution in [0.5, 0.6) is 0 Å². The van der Waals surface area contributed by atoms with Crippen LogP contribution in [-0.4, -0.2) is 37.0 Å². The summed E-state index contributed by atoms with van der Waals surface area (Å²) >= 11 is 3.49. The number of anilines is 1. The first-order valence-corrected chi connectivity index (χ1v) is 7.70. The summed E-state index contributed by atoms with van der Waals surface area (Å²) < 4.78 is 1.12. The zero-order valence-corrected chi connectivity index (χ0v) is 13.2. The molecule has 0 aromatic heterocycles. The number of aryl methyl sites for hydroxylation is 1. The first-order valence-electron chi connectivity index (χ1n) is 6.90. The molecule has 0 atom stereocenters. The van der Waals surface area contributed by atoms with Crippen LogP contribution in [0.3, 0.4) is 0 Å². The fraction of sp³-hybridized carbons (Fsp3) is 0.533. The smallest absolute Gasteiger partial charge is 0.222 e. The molecule has 1 fully saturated rings. The predicted octanol–water partition coefficient (Wildman–Crippen LogP) is 3.21. The van der Waals surface area contributed by atoms with E-state index in [1.54, 1.807) is 0 Å². The number of carbonyl (C=O) groups is 1. The summed E-state index contributed by atoms with van der Waals surface area (Å²) in [7, 11) is 0. The second-order valence-electron chi connectivity index (χ2n) is 5.05. The van der Waals surface area contributed by atoms with Crippen molar-refractivity contribution in [3.05, 3.63) is 28.2 Å². The number of amides is 1. The van der Waals surface area contributed by atoms with Crippen molar-refractivity contribution < 1.29 is 4.79 Å². The highest BCUT2D eigenvalue weighted by molar-refractivity contribution is 9.10. The molecule has 1 aliphatic rings. The Kier molecular flexibility index (Phi) is 4.86. The van der Waals surface area contributed by atoms with Gasteiger partial charge in [-0.2, -0.15) is 0 Å². The van der Waals surface area contributed by atoms with Crippen LogP contribution >= 0.6 is 15.9 Å². The largest absolute Gasteiger partial charge is 0.368 e. The molecule has 1 aliphatic heterocycles. The molecule has 19 heavy (non-hydrogen) atoms. The van der Waals surface area contributed by atoms with E-state index in [4.69, 9.17) is 0 Å². The molecular weight excluding hydrogens is 304 g/mol. The van der Waals surface area contributed by atoms with Gasteiger partial charge in [-0.3, -0.25) is 4.79 Å². The van der Waals surface area contributed by atoms with E-state index in [9.17, 15) is 4.79 Å². The second-order valence-corrected chi connectivity index (χ2v) is 5.96. The summed E-state index contributed by atoms with van der Waals surface area (Å²) in [6, 6.07) is 6.38. The van der Waals surface area contributed by atoms with E-state index in [0.29, 0.717) is 12.3 Å². The Morgan fingerprint density at radius 2 is 1.95 bits per heavy atom. The third-order valence-corrected chi connectivity index (χ3v) is 4.09. The Morgan fingerprint density at radius 3 is 2.53 bits per heavy atom. The van der Waals surface area contributed by atoms with Gasteiger partial charge in [-0.25, -0.2) is 0 Å². The van der Waals surface area contributed by atoms with Gasteiger partial charge in [-0.05, 0) is 37.1 Å². The average Bonchev–Trinajstić information content (AvgIpc) is 2.39. The highest BCUT2D eigenvalue weighted by Gasteiger charge is 2.21. The minimum Gasteiger partial charge on any atom is -0.368 e. The number of halogens is 1. The van der Waals surface area contributed by atoms with Crippen molar-refractivity contribution in [2.45, 2.75) is 26.7 Å². The van der Waals surface area contributed by atoms with Crippen LogP contribution in [-0.2, 0) is 4.79 Å². The second kappa shape index (κ2) is 6.42. The van der Waals surface area contributed by atoms with Crippen molar-refractivity contribution in [1.29, 1.82) is 0 Å². The molecule has 0 unspecified atom stereocenters. The molecule has 1 saturated heterocycles. The molecule has 1 aromatic carbocycles. The molecule has 0 bridgehead atoms. The molecule has 4 heteroatoms. The van der Waals surface area contributed by atoms with Gasteiger partial charge in [-0.15, -0.1) is 0 Å². The van der Waals surface area contributed by atoms with Gasteiger partial charge in [0.05, 0.1) is 0 Å². The molecule has 0 spiro atoms. The number of carbonyl (C=O) groups excluding carboxylic acids is 1. The SMILES string of the molecule is CCCC(=O)N1CCN(c2ccc(Br)cc2C)CC1. The summed E-state index contributed by atoms with van der Waals surface area (Å²) in [5, 5.41) is 0. The Balaban J connectivity index is 1.98.